The van der Waals surface area contributed by atoms with Gasteiger partial charge in [-0.15, -0.1) is 0 Å². The van der Waals surface area contributed by atoms with Crippen molar-refractivity contribution in [2.45, 2.75) is 12.7 Å². The van der Waals surface area contributed by atoms with Crippen LogP contribution in [0.5, 0.6) is 0 Å². The van der Waals surface area contributed by atoms with Crippen molar-refractivity contribution in [1.29, 1.82) is 0 Å². The molecule has 0 aliphatic carbocycles. The van der Waals surface area contributed by atoms with Crippen LogP contribution in [-0.4, -0.2) is 21.9 Å². The predicted molar refractivity (Wildman–Crippen MR) is 62.5 cm³/mol. The molecule has 0 bridgehead atoms. The number of nitrogens with one attached hydrogen (secondary N) is 1. The van der Waals surface area contributed by atoms with Crippen LogP contribution in [0.3, 0.4) is 0 Å². The van der Waals surface area contributed by atoms with E-state index >= 15 is 0 Å². The summed E-state index contributed by atoms with van der Waals surface area (Å²) in [7, 11) is 0. The second kappa shape index (κ2) is 5.13. The summed E-state index contributed by atoms with van der Waals surface area (Å²) in [5.41, 5.74) is 0.843. The van der Waals surface area contributed by atoms with Gasteiger partial charge in [0.05, 0.1) is 6.54 Å². The van der Waals surface area contributed by atoms with Crippen LogP contribution in [-0.2, 0) is 11.3 Å². The van der Waals surface area contributed by atoms with Gasteiger partial charge >= 0.3 is 12.1 Å². The van der Waals surface area contributed by atoms with Crippen LogP contribution < -0.4 is 5.32 Å². The van der Waals surface area contributed by atoms with Crippen LogP contribution in [0.1, 0.15) is 5.56 Å². The topological polar surface area (TPSA) is 46.9 Å². The molecule has 1 aromatic carbocycles. The maximum absolute atomic E-state index is 12.1. The van der Waals surface area contributed by atoms with E-state index in [-0.39, 0.29) is 5.69 Å². The monoisotopic (exact) mass is 269 g/mol. The molecule has 1 aromatic heterocycles. The van der Waals surface area contributed by atoms with Gasteiger partial charge in [0.25, 0.3) is 0 Å². The largest absolute Gasteiger partial charge is 0.471 e. The molecular weight excluding hydrogens is 259 g/mol. The zero-order valence-electron chi connectivity index (χ0n) is 9.69. The van der Waals surface area contributed by atoms with E-state index in [4.69, 9.17) is 0 Å². The second-order valence-corrected chi connectivity index (χ2v) is 3.86. The van der Waals surface area contributed by atoms with Gasteiger partial charge in [-0.25, -0.2) is 0 Å². The van der Waals surface area contributed by atoms with Crippen molar-refractivity contribution in [3.05, 3.63) is 48.3 Å². The highest BCUT2D eigenvalue weighted by atomic mass is 19.4. The third-order valence-corrected chi connectivity index (χ3v) is 2.35. The van der Waals surface area contributed by atoms with Crippen molar-refractivity contribution in [2.75, 3.05) is 5.32 Å². The van der Waals surface area contributed by atoms with Gasteiger partial charge in [-0.2, -0.15) is 18.3 Å². The van der Waals surface area contributed by atoms with Crippen LogP contribution in [0.25, 0.3) is 0 Å². The number of hydrogen-bond acceptors (Lipinski definition) is 2. The van der Waals surface area contributed by atoms with Crippen LogP contribution in [0, 0.1) is 0 Å². The number of hydrogen-bond donors (Lipinski definition) is 1. The van der Waals surface area contributed by atoms with Gasteiger partial charge in [0.2, 0.25) is 0 Å². The lowest BCUT2D eigenvalue weighted by atomic mass is 10.2. The SMILES string of the molecule is O=C(Nc1cccc(Cn2cccn2)c1)C(F)(F)F. The summed E-state index contributed by atoms with van der Waals surface area (Å²) < 4.78 is 38.0. The number of carbonyl (C=O) groups is 1. The average Bonchev–Trinajstić information content (AvgIpc) is 2.81. The molecule has 0 saturated carbocycles. The van der Waals surface area contributed by atoms with Crippen LogP contribution in [0.4, 0.5) is 18.9 Å². The van der Waals surface area contributed by atoms with E-state index in [1.807, 2.05) is 5.32 Å². The first-order valence-corrected chi connectivity index (χ1v) is 5.40. The number of carbonyl (C=O) groups excluding carboxylic acids is 1. The summed E-state index contributed by atoms with van der Waals surface area (Å²) in [5, 5.41) is 5.80. The number of nitrogens with zero attached hydrogens (tertiary/aromatic N) is 2. The summed E-state index contributed by atoms with van der Waals surface area (Å²) in [6, 6.07) is 7.94. The molecule has 1 N–H and O–H groups in total. The number of anilines is 1. The Morgan fingerprint density at radius 3 is 2.74 bits per heavy atom. The highest BCUT2D eigenvalue weighted by Gasteiger charge is 2.38. The van der Waals surface area contributed by atoms with E-state index in [1.165, 1.54) is 12.1 Å². The van der Waals surface area contributed by atoms with Crippen molar-refractivity contribution < 1.29 is 18.0 Å². The van der Waals surface area contributed by atoms with Crippen molar-refractivity contribution in [1.82, 2.24) is 9.78 Å². The minimum atomic E-state index is -4.89. The lowest BCUT2D eigenvalue weighted by molar-refractivity contribution is -0.167. The maximum Gasteiger partial charge on any atom is 0.471 e. The first-order chi connectivity index (χ1) is 8.95. The molecule has 0 spiro atoms. The van der Waals surface area contributed by atoms with Gasteiger partial charge in [0.15, 0.2) is 0 Å². The fourth-order valence-electron chi connectivity index (χ4n) is 1.53. The molecule has 0 fully saturated rings. The molecule has 4 nitrogen and oxygen atoms in total. The standard InChI is InChI=1S/C12H10F3N3O/c13-12(14,15)11(19)17-10-4-1-3-9(7-10)8-18-6-2-5-16-18/h1-7H,8H2,(H,17,19). The lowest BCUT2D eigenvalue weighted by Gasteiger charge is -2.09. The Kier molecular flexibility index (Phi) is 3.55. The summed E-state index contributed by atoms with van der Waals surface area (Å²) in [4.78, 5) is 10.8. The number of halogens is 3. The number of alkyl halides is 3. The van der Waals surface area contributed by atoms with E-state index in [2.05, 4.69) is 5.10 Å². The summed E-state index contributed by atoms with van der Waals surface area (Å²) in [6.45, 7) is 0.419. The number of aromatic nitrogens is 2. The first kappa shape index (κ1) is 13.1. The number of rotatable bonds is 3. The average molecular weight is 269 g/mol. The van der Waals surface area contributed by atoms with E-state index in [0.29, 0.717) is 6.54 Å². The minimum Gasteiger partial charge on any atom is -0.318 e. The molecule has 19 heavy (non-hydrogen) atoms. The van der Waals surface area contributed by atoms with Crippen molar-refractivity contribution in [3.8, 4) is 0 Å². The Morgan fingerprint density at radius 1 is 1.32 bits per heavy atom. The van der Waals surface area contributed by atoms with Crippen LogP contribution in [0.2, 0.25) is 0 Å². The number of benzene rings is 1. The van der Waals surface area contributed by atoms with Crippen molar-refractivity contribution in [2.24, 2.45) is 0 Å². The van der Waals surface area contributed by atoms with Crippen molar-refractivity contribution in [3.63, 3.8) is 0 Å². The molecule has 0 aliphatic rings. The zero-order valence-corrected chi connectivity index (χ0v) is 9.69. The molecule has 7 heteroatoms. The predicted octanol–water partition coefficient (Wildman–Crippen LogP) is 2.43. The zero-order chi connectivity index (χ0) is 13.9. The summed E-state index contributed by atoms with van der Waals surface area (Å²) in [6.07, 6.45) is -1.55. The van der Waals surface area contributed by atoms with Gasteiger partial charge in [-0.05, 0) is 23.8 Å². The molecule has 1 heterocycles. The lowest BCUT2D eigenvalue weighted by Crippen LogP contribution is -2.29. The van der Waals surface area contributed by atoms with E-state index in [0.717, 1.165) is 5.56 Å². The van der Waals surface area contributed by atoms with Gasteiger partial charge in [0.1, 0.15) is 0 Å². The number of amides is 1. The van der Waals surface area contributed by atoms with E-state index in [1.54, 1.807) is 35.3 Å². The molecule has 0 aliphatic heterocycles. The molecule has 2 rings (SSSR count). The Balaban J connectivity index is 2.09. The third-order valence-electron chi connectivity index (χ3n) is 2.35. The third kappa shape index (κ3) is 3.57. The van der Waals surface area contributed by atoms with E-state index in [9.17, 15) is 18.0 Å². The Hall–Kier alpha value is -2.31. The second-order valence-electron chi connectivity index (χ2n) is 3.86. The highest BCUT2D eigenvalue weighted by molar-refractivity contribution is 5.94. The molecule has 1 amide bonds. The van der Waals surface area contributed by atoms with Gasteiger partial charge in [0, 0.05) is 18.1 Å². The molecule has 0 unspecified atom stereocenters. The fourth-order valence-corrected chi connectivity index (χ4v) is 1.53. The molecule has 100 valence electrons. The molecule has 0 atom stereocenters. The fraction of sp³-hybridized carbons (Fsp3) is 0.167. The normalized spacial score (nSPS) is 11.3. The van der Waals surface area contributed by atoms with Gasteiger partial charge in [-0.1, -0.05) is 12.1 Å². The Morgan fingerprint density at radius 2 is 2.11 bits per heavy atom. The molecular formula is C12H10F3N3O. The van der Waals surface area contributed by atoms with Crippen molar-refractivity contribution >= 4 is 11.6 Å². The van der Waals surface area contributed by atoms with Gasteiger partial charge < -0.3 is 5.32 Å². The quantitative estimate of drug-likeness (QED) is 0.930. The highest BCUT2D eigenvalue weighted by Crippen LogP contribution is 2.19. The van der Waals surface area contributed by atoms with Crippen LogP contribution >= 0.6 is 0 Å². The Bertz CT molecular complexity index is 564. The van der Waals surface area contributed by atoms with Crippen LogP contribution in [0.15, 0.2) is 42.7 Å². The van der Waals surface area contributed by atoms with E-state index < -0.39 is 12.1 Å². The molecule has 0 saturated heterocycles. The maximum atomic E-state index is 12.1. The minimum absolute atomic E-state index is 0.104. The molecule has 0 radical (unpaired) electrons. The van der Waals surface area contributed by atoms with Gasteiger partial charge in [-0.3, -0.25) is 9.48 Å². The smallest absolute Gasteiger partial charge is 0.318 e. The first-order valence-electron chi connectivity index (χ1n) is 5.40. The molecule has 2 aromatic rings. The summed E-state index contributed by atoms with van der Waals surface area (Å²) in [5.74, 6) is -1.98. The Labute approximate surface area is 106 Å². The summed E-state index contributed by atoms with van der Waals surface area (Å²) >= 11 is 0.